The lowest BCUT2D eigenvalue weighted by Crippen LogP contribution is -2.51. The number of nitrogens with one attached hydrogen (secondary N) is 1. The van der Waals surface area contributed by atoms with Crippen LogP contribution in [0.2, 0.25) is 0 Å². The first-order valence-corrected chi connectivity index (χ1v) is 10.0. The normalized spacial score (nSPS) is 24.7. The summed E-state index contributed by atoms with van der Waals surface area (Å²) in [6.45, 7) is 12.2. The number of alkyl carbamates (subject to hydrolysis) is 1. The lowest BCUT2D eigenvalue weighted by Gasteiger charge is -2.48. The van der Waals surface area contributed by atoms with Crippen molar-refractivity contribution in [3.63, 3.8) is 0 Å². The highest BCUT2D eigenvalue weighted by Gasteiger charge is 2.43. The van der Waals surface area contributed by atoms with Crippen molar-refractivity contribution in [2.24, 2.45) is 10.8 Å². The van der Waals surface area contributed by atoms with E-state index < -0.39 is 6.09 Å². The Balaban J connectivity index is 2.74. The first kappa shape index (κ1) is 22.6. The molecule has 1 aliphatic rings. The molecule has 1 saturated carbocycles. The van der Waals surface area contributed by atoms with E-state index in [0.29, 0.717) is 19.7 Å². The number of hydrogen-bond acceptors (Lipinski definition) is 3. The maximum Gasteiger partial charge on any atom is 0.407 e. The number of amides is 2. The number of ether oxygens (including phenoxy) is 1. The summed E-state index contributed by atoms with van der Waals surface area (Å²) in [5, 5.41) is 12.6. The monoisotopic (exact) mass is 370 g/mol. The Hall–Kier alpha value is -1.46. The van der Waals surface area contributed by atoms with Crippen molar-refractivity contribution in [2.75, 3.05) is 19.7 Å². The van der Waals surface area contributed by atoms with Crippen LogP contribution in [0.4, 0.5) is 9.59 Å². The standard InChI is InChI=1S/C20H38N2O4/c1-6-8-10-22(18(24)25)15-20(5)13-16(12-19(3,4)14-20)21-17(23)26-11-9-7-2/h16H,6-15H2,1-5H3,(H,21,23)(H,24,25). The predicted molar refractivity (Wildman–Crippen MR) is 103 cm³/mol. The van der Waals surface area contributed by atoms with Gasteiger partial charge in [-0.1, -0.05) is 47.5 Å². The third kappa shape index (κ3) is 7.83. The molecule has 1 fully saturated rings. The second-order valence-corrected chi connectivity index (χ2v) is 8.95. The molecular formula is C20H38N2O4. The van der Waals surface area contributed by atoms with Gasteiger partial charge in [0, 0.05) is 19.1 Å². The Morgan fingerprint density at radius 2 is 1.81 bits per heavy atom. The minimum absolute atomic E-state index is 0.0136. The average molecular weight is 371 g/mol. The number of carboxylic acid groups (broad SMARTS) is 1. The van der Waals surface area contributed by atoms with E-state index in [4.69, 9.17) is 4.74 Å². The van der Waals surface area contributed by atoms with Gasteiger partial charge in [0.1, 0.15) is 0 Å². The zero-order valence-electron chi connectivity index (χ0n) is 17.3. The van der Waals surface area contributed by atoms with Crippen molar-refractivity contribution in [1.82, 2.24) is 10.2 Å². The fourth-order valence-electron chi connectivity index (χ4n) is 4.43. The van der Waals surface area contributed by atoms with Crippen molar-refractivity contribution in [2.45, 2.75) is 85.6 Å². The molecule has 0 spiro atoms. The van der Waals surface area contributed by atoms with Gasteiger partial charge in [-0.25, -0.2) is 9.59 Å². The van der Waals surface area contributed by atoms with Crippen LogP contribution in [0.25, 0.3) is 0 Å². The van der Waals surface area contributed by atoms with Crippen LogP contribution in [0.3, 0.4) is 0 Å². The summed E-state index contributed by atoms with van der Waals surface area (Å²) in [7, 11) is 0. The molecule has 2 unspecified atom stereocenters. The molecule has 6 nitrogen and oxygen atoms in total. The molecule has 0 radical (unpaired) electrons. The van der Waals surface area contributed by atoms with Crippen molar-refractivity contribution in [3.05, 3.63) is 0 Å². The topological polar surface area (TPSA) is 78.9 Å². The van der Waals surface area contributed by atoms with Crippen LogP contribution in [0.5, 0.6) is 0 Å². The predicted octanol–water partition coefficient (Wildman–Crippen LogP) is 4.88. The molecule has 0 bridgehead atoms. The van der Waals surface area contributed by atoms with Crippen LogP contribution < -0.4 is 5.32 Å². The number of carbonyl (C=O) groups excluding carboxylic acids is 1. The number of unbranched alkanes of at least 4 members (excludes halogenated alkanes) is 2. The van der Waals surface area contributed by atoms with Crippen molar-refractivity contribution >= 4 is 12.2 Å². The fraction of sp³-hybridized carbons (Fsp3) is 0.900. The largest absolute Gasteiger partial charge is 0.465 e. The molecule has 0 saturated heterocycles. The van der Waals surface area contributed by atoms with E-state index in [2.05, 4.69) is 39.9 Å². The lowest BCUT2D eigenvalue weighted by molar-refractivity contribution is 0.0356. The molecule has 0 heterocycles. The summed E-state index contributed by atoms with van der Waals surface area (Å²) in [5.74, 6) is 0. The molecule has 2 N–H and O–H groups in total. The molecule has 0 aliphatic heterocycles. The van der Waals surface area contributed by atoms with Crippen LogP contribution in [0, 0.1) is 10.8 Å². The maximum absolute atomic E-state index is 12.0. The Morgan fingerprint density at radius 1 is 1.15 bits per heavy atom. The van der Waals surface area contributed by atoms with E-state index in [9.17, 15) is 14.7 Å². The van der Waals surface area contributed by atoms with Crippen molar-refractivity contribution in [3.8, 4) is 0 Å². The summed E-state index contributed by atoms with van der Waals surface area (Å²) >= 11 is 0. The van der Waals surface area contributed by atoms with Gasteiger partial charge in [0.25, 0.3) is 0 Å². The van der Waals surface area contributed by atoms with Crippen molar-refractivity contribution < 1.29 is 19.4 Å². The molecule has 2 atom stereocenters. The van der Waals surface area contributed by atoms with Gasteiger partial charge < -0.3 is 20.1 Å². The molecule has 26 heavy (non-hydrogen) atoms. The first-order chi connectivity index (χ1) is 12.1. The summed E-state index contributed by atoms with van der Waals surface area (Å²) in [6, 6.07) is 0.0136. The highest BCUT2D eigenvalue weighted by atomic mass is 16.5. The third-order valence-corrected chi connectivity index (χ3v) is 5.12. The molecule has 2 amide bonds. The fourth-order valence-corrected chi connectivity index (χ4v) is 4.43. The van der Waals surface area contributed by atoms with Crippen LogP contribution >= 0.6 is 0 Å². The van der Waals surface area contributed by atoms with Crippen LogP contribution in [0.15, 0.2) is 0 Å². The smallest absolute Gasteiger partial charge is 0.407 e. The highest BCUT2D eigenvalue weighted by molar-refractivity contribution is 5.67. The second kappa shape index (κ2) is 10.0. The van der Waals surface area contributed by atoms with E-state index >= 15 is 0 Å². The van der Waals surface area contributed by atoms with Crippen LogP contribution in [-0.2, 0) is 4.74 Å². The summed E-state index contributed by atoms with van der Waals surface area (Å²) in [4.78, 5) is 25.2. The summed E-state index contributed by atoms with van der Waals surface area (Å²) in [5.41, 5.74) is -0.113. The molecule has 1 rings (SSSR count). The number of carbonyl (C=O) groups is 2. The lowest BCUT2D eigenvalue weighted by atomic mass is 9.62. The first-order valence-electron chi connectivity index (χ1n) is 10.0. The number of nitrogens with zero attached hydrogens (tertiary/aromatic N) is 1. The summed E-state index contributed by atoms with van der Waals surface area (Å²) < 4.78 is 5.24. The maximum atomic E-state index is 12.0. The van der Waals surface area contributed by atoms with Gasteiger partial charge in [-0.2, -0.15) is 0 Å². The van der Waals surface area contributed by atoms with E-state index in [0.717, 1.165) is 44.9 Å². The summed E-state index contributed by atoms with van der Waals surface area (Å²) in [6.07, 6.45) is 5.09. The number of rotatable bonds is 9. The van der Waals surface area contributed by atoms with Gasteiger partial charge in [0.2, 0.25) is 0 Å². The molecule has 6 heteroatoms. The molecule has 0 aromatic rings. The van der Waals surface area contributed by atoms with E-state index in [-0.39, 0.29) is 23.0 Å². The van der Waals surface area contributed by atoms with E-state index in [1.165, 1.54) is 0 Å². The highest BCUT2D eigenvalue weighted by Crippen LogP contribution is 2.46. The SMILES string of the molecule is CCCCOC(=O)NC1CC(C)(C)CC(C)(CN(CCCC)C(=O)O)C1. The Kier molecular flexibility index (Phi) is 8.71. The van der Waals surface area contributed by atoms with Gasteiger partial charge in [-0.3, -0.25) is 0 Å². The van der Waals surface area contributed by atoms with Gasteiger partial charge in [0.15, 0.2) is 0 Å². The van der Waals surface area contributed by atoms with Gasteiger partial charge in [-0.15, -0.1) is 0 Å². The second-order valence-electron chi connectivity index (χ2n) is 8.95. The van der Waals surface area contributed by atoms with Gasteiger partial charge in [0.05, 0.1) is 6.61 Å². The molecule has 152 valence electrons. The minimum atomic E-state index is -0.855. The quantitative estimate of drug-likeness (QED) is 0.567. The van der Waals surface area contributed by atoms with E-state index in [1.807, 2.05) is 0 Å². The molecule has 0 aromatic carbocycles. The van der Waals surface area contributed by atoms with Gasteiger partial charge in [-0.05, 0) is 42.9 Å². The van der Waals surface area contributed by atoms with Crippen molar-refractivity contribution in [1.29, 1.82) is 0 Å². The van der Waals surface area contributed by atoms with Gasteiger partial charge >= 0.3 is 12.2 Å². The Bertz CT molecular complexity index is 467. The molecule has 0 aromatic heterocycles. The number of hydrogen-bond donors (Lipinski definition) is 2. The minimum Gasteiger partial charge on any atom is -0.465 e. The Morgan fingerprint density at radius 3 is 2.38 bits per heavy atom. The zero-order valence-corrected chi connectivity index (χ0v) is 17.3. The van der Waals surface area contributed by atoms with Crippen LogP contribution in [0.1, 0.15) is 79.6 Å². The average Bonchev–Trinajstić information content (AvgIpc) is 2.49. The van der Waals surface area contributed by atoms with Crippen LogP contribution in [-0.4, -0.2) is 47.9 Å². The zero-order chi connectivity index (χ0) is 19.8. The Labute approximate surface area is 158 Å². The third-order valence-electron chi connectivity index (χ3n) is 5.12. The van der Waals surface area contributed by atoms with E-state index in [1.54, 1.807) is 4.90 Å². The molecular weight excluding hydrogens is 332 g/mol. The molecule has 1 aliphatic carbocycles.